The van der Waals surface area contributed by atoms with Crippen LogP contribution in [0.4, 0.5) is 11.8 Å². The maximum absolute atomic E-state index is 9.40. The van der Waals surface area contributed by atoms with E-state index in [2.05, 4.69) is 9.97 Å². The van der Waals surface area contributed by atoms with E-state index in [0.29, 0.717) is 18.9 Å². The lowest BCUT2D eigenvalue weighted by Crippen LogP contribution is -2.22. The van der Waals surface area contributed by atoms with Crippen LogP contribution in [0.15, 0.2) is 6.07 Å². The van der Waals surface area contributed by atoms with Crippen molar-refractivity contribution in [3.63, 3.8) is 0 Å². The number of hydrogen-bond donors (Lipinski definition) is 3. The highest BCUT2D eigenvalue weighted by Crippen LogP contribution is 2.19. The molecule has 0 spiro atoms. The van der Waals surface area contributed by atoms with Crippen LogP contribution in [0.5, 0.6) is 0 Å². The Bertz CT molecular complexity index is 341. The highest BCUT2D eigenvalue weighted by Gasteiger charge is 2.30. The van der Waals surface area contributed by atoms with Crippen LogP contribution in [0.2, 0.25) is 0 Å². The van der Waals surface area contributed by atoms with Gasteiger partial charge in [0.1, 0.15) is 5.82 Å². The molecule has 82 valence electrons. The molecule has 1 aromatic rings. The normalized spacial score (nSPS) is 25.9. The van der Waals surface area contributed by atoms with Gasteiger partial charge in [-0.2, -0.15) is 4.98 Å². The van der Waals surface area contributed by atoms with Gasteiger partial charge in [0.2, 0.25) is 5.95 Å². The van der Waals surface area contributed by atoms with E-state index < -0.39 is 12.2 Å². The molecule has 1 saturated heterocycles. The van der Waals surface area contributed by atoms with Crippen LogP contribution in [-0.4, -0.2) is 45.5 Å². The molecule has 2 atom stereocenters. The Hall–Kier alpha value is -1.40. The molecule has 6 nitrogen and oxygen atoms in total. The maximum atomic E-state index is 9.40. The number of aryl methyl sites for hydroxylation is 1. The van der Waals surface area contributed by atoms with Gasteiger partial charge in [-0.3, -0.25) is 0 Å². The standard InChI is InChI=1S/C9H14N4O2/c1-5-2-8(12-9(10)11-5)13-3-6(14)7(15)4-13/h2,6-7,14-15H,3-4H2,1H3,(H2,10,11,12). The van der Waals surface area contributed by atoms with Gasteiger partial charge in [-0.05, 0) is 6.92 Å². The molecule has 0 aliphatic carbocycles. The molecular formula is C9H14N4O2. The van der Waals surface area contributed by atoms with Crippen molar-refractivity contribution in [3.8, 4) is 0 Å². The van der Waals surface area contributed by atoms with Crippen molar-refractivity contribution in [1.82, 2.24) is 9.97 Å². The number of aliphatic hydroxyl groups excluding tert-OH is 2. The molecule has 1 aliphatic rings. The summed E-state index contributed by atoms with van der Waals surface area (Å²) in [7, 11) is 0. The van der Waals surface area contributed by atoms with E-state index in [1.807, 2.05) is 6.92 Å². The third-order valence-electron chi connectivity index (χ3n) is 2.44. The summed E-state index contributed by atoms with van der Waals surface area (Å²) in [6.07, 6.45) is -1.44. The van der Waals surface area contributed by atoms with Gasteiger partial charge in [0.15, 0.2) is 0 Å². The summed E-state index contributed by atoms with van der Waals surface area (Å²) < 4.78 is 0. The first-order chi connectivity index (χ1) is 7.06. The molecule has 1 aliphatic heterocycles. The van der Waals surface area contributed by atoms with Gasteiger partial charge in [-0.15, -0.1) is 0 Å². The van der Waals surface area contributed by atoms with Gasteiger partial charge in [0.25, 0.3) is 0 Å². The van der Waals surface area contributed by atoms with Crippen molar-refractivity contribution in [2.45, 2.75) is 19.1 Å². The average Bonchev–Trinajstić information content (AvgIpc) is 2.45. The summed E-state index contributed by atoms with van der Waals surface area (Å²) in [4.78, 5) is 9.81. The van der Waals surface area contributed by atoms with Crippen molar-refractivity contribution in [2.24, 2.45) is 0 Å². The average molecular weight is 210 g/mol. The minimum atomic E-state index is -0.721. The van der Waals surface area contributed by atoms with Crippen LogP contribution < -0.4 is 10.6 Å². The summed E-state index contributed by atoms with van der Waals surface area (Å²) >= 11 is 0. The SMILES string of the molecule is Cc1cc(N2CC(O)C(O)C2)nc(N)n1. The predicted molar refractivity (Wildman–Crippen MR) is 55.4 cm³/mol. The van der Waals surface area contributed by atoms with Crippen molar-refractivity contribution in [2.75, 3.05) is 23.7 Å². The largest absolute Gasteiger partial charge is 0.389 e. The lowest BCUT2D eigenvalue weighted by atomic mass is 10.3. The topological polar surface area (TPSA) is 95.5 Å². The molecular weight excluding hydrogens is 196 g/mol. The molecule has 15 heavy (non-hydrogen) atoms. The molecule has 0 amide bonds. The number of aromatic nitrogens is 2. The summed E-state index contributed by atoms with van der Waals surface area (Å²) in [5.74, 6) is 0.858. The molecule has 0 radical (unpaired) electrons. The molecule has 1 fully saturated rings. The lowest BCUT2D eigenvalue weighted by molar-refractivity contribution is 0.0572. The number of nitrogen functional groups attached to an aromatic ring is 1. The van der Waals surface area contributed by atoms with Crippen molar-refractivity contribution >= 4 is 11.8 Å². The third-order valence-corrected chi connectivity index (χ3v) is 2.44. The molecule has 6 heteroatoms. The van der Waals surface area contributed by atoms with Gasteiger partial charge in [-0.1, -0.05) is 0 Å². The molecule has 0 aromatic carbocycles. The van der Waals surface area contributed by atoms with E-state index in [9.17, 15) is 10.2 Å². The zero-order valence-corrected chi connectivity index (χ0v) is 8.46. The quantitative estimate of drug-likeness (QED) is 0.545. The number of hydrogen-bond acceptors (Lipinski definition) is 6. The van der Waals surface area contributed by atoms with E-state index in [1.54, 1.807) is 11.0 Å². The van der Waals surface area contributed by atoms with Gasteiger partial charge < -0.3 is 20.8 Å². The highest BCUT2D eigenvalue weighted by molar-refractivity contribution is 5.44. The van der Waals surface area contributed by atoms with Crippen LogP contribution in [0, 0.1) is 6.92 Å². The van der Waals surface area contributed by atoms with E-state index in [-0.39, 0.29) is 5.95 Å². The van der Waals surface area contributed by atoms with Gasteiger partial charge >= 0.3 is 0 Å². The molecule has 2 heterocycles. The van der Waals surface area contributed by atoms with Crippen molar-refractivity contribution in [3.05, 3.63) is 11.8 Å². The van der Waals surface area contributed by atoms with Crippen LogP contribution in [-0.2, 0) is 0 Å². The van der Waals surface area contributed by atoms with Crippen molar-refractivity contribution < 1.29 is 10.2 Å². The Labute approximate surface area is 87.4 Å². The molecule has 4 N–H and O–H groups in total. The number of nitrogens with two attached hydrogens (primary N) is 1. The number of rotatable bonds is 1. The highest BCUT2D eigenvalue weighted by atomic mass is 16.3. The molecule has 2 unspecified atom stereocenters. The number of β-amino-alcohol motifs (C(OH)–C–C–N with tert-alkyl or cyclic N) is 2. The molecule has 2 rings (SSSR count). The van der Waals surface area contributed by atoms with E-state index in [0.717, 1.165) is 5.69 Å². The van der Waals surface area contributed by atoms with Gasteiger partial charge in [0, 0.05) is 24.8 Å². The van der Waals surface area contributed by atoms with Gasteiger partial charge in [0.05, 0.1) is 12.2 Å². The van der Waals surface area contributed by atoms with Crippen LogP contribution >= 0.6 is 0 Å². The summed E-state index contributed by atoms with van der Waals surface area (Å²) in [6.45, 7) is 2.57. The second-order valence-electron chi connectivity index (χ2n) is 3.77. The summed E-state index contributed by atoms with van der Waals surface area (Å²) in [5, 5.41) is 18.8. The molecule has 0 bridgehead atoms. The fourth-order valence-electron chi connectivity index (χ4n) is 1.69. The zero-order valence-electron chi connectivity index (χ0n) is 8.46. The first kappa shape index (κ1) is 10.1. The summed E-state index contributed by atoms with van der Waals surface area (Å²) in [5.41, 5.74) is 6.29. The Kier molecular flexibility index (Phi) is 2.45. The Morgan fingerprint density at radius 2 is 1.93 bits per heavy atom. The number of nitrogens with zero attached hydrogens (tertiary/aromatic N) is 3. The van der Waals surface area contributed by atoms with Crippen LogP contribution in [0.1, 0.15) is 5.69 Å². The van der Waals surface area contributed by atoms with E-state index >= 15 is 0 Å². The monoisotopic (exact) mass is 210 g/mol. The first-order valence-electron chi connectivity index (χ1n) is 4.78. The van der Waals surface area contributed by atoms with E-state index in [4.69, 9.17) is 5.73 Å². The van der Waals surface area contributed by atoms with Crippen LogP contribution in [0.25, 0.3) is 0 Å². The number of anilines is 2. The fourth-order valence-corrected chi connectivity index (χ4v) is 1.69. The van der Waals surface area contributed by atoms with Gasteiger partial charge in [-0.25, -0.2) is 4.98 Å². The van der Waals surface area contributed by atoms with Crippen molar-refractivity contribution in [1.29, 1.82) is 0 Å². The summed E-state index contributed by atoms with van der Waals surface area (Å²) in [6, 6.07) is 1.78. The lowest BCUT2D eigenvalue weighted by Gasteiger charge is -2.16. The Balaban J connectivity index is 2.23. The zero-order chi connectivity index (χ0) is 11.0. The van der Waals surface area contributed by atoms with Crippen LogP contribution in [0.3, 0.4) is 0 Å². The predicted octanol–water partition coefficient (Wildman–Crippen LogP) is -1.09. The maximum Gasteiger partial charge on any atom is 0.222 e. The smallest absolute Gasteiger partial charge is 0.222 e. The minimum Gasteiger partial charge on any atom is -0.389 e. The third kappa shape index (κ3) is 2.00. The van der Waals surface area contributed by atoms with E-state index in [1.165, 1.54) is 0 Å². The first-order valence-corrected chi connectivity index (χ1v) is 4.78. The Morgan fingerprint density at radius 1 is 1.33 bits per heavy atom. The Morgan fingerprint density at radius 3 is 2.47 bits per heavy atom. The molecule has 1 aromatic heterocycles. The minimum absolute atomic E-state index is 0.209. The second-order valence-corrected chi connectivity index (χ2v) is 3.77. The molecule has 0 saturated carbocycles. The fraction of sp³-hybridized carbons (Fsp3) is 0.556. The number of aliphatic hydroxyl groups is 2. The second kappa shape index (κ2) is 3.63.